The molecule has 0 aromatic carbocycles. The third-order valence-corrected chi connectivity index (χ3v) is 0.957. The Bertz CT molecular complexity index is 28.4. The second kappa shape index (κ2) is 22.7. The van der Waals surface area contributed by atoms with Gasteiger partial charge < -0.3 is 5.11 Å². The molecule has 2 heteroatoms. The van der Waals surface area contributed by atoms with Crippen LogP contribution in [0, 0.1) is 0 Å². The fourth-order valence-corrected chi connectivity index (χ4v) is 0.500. The molecule has 0 atom stereocenters. The van der Waals surface area contributed by atoms with Crippen molar-refractivity contribution in [1.82, 2.24) is 0 Å². The minimum atomic E-state index is 0. The standard InChI is InChI=1S/C6H14.C2H5O.Li/c1-3-5-6-4-2;1-2-3;/h3-6H2,1-2H3;2H2,1H3;/q;-1;+1. The Morgan fingerprint density at radius 2 is 1.10 bits per heavy atom. The fourth-order valence-electron chi connectivity index (χ4n) is 0.500. The molecule has 0 heterocycles. The molecule has 0 unspecified atom stereocenters. The summed E-state index contributed by atoms with van der Waals surface area (Å²) in [6, 6.07) is 0. The first kappa shape index (κ1) is 16.9. The van der Waals surface area contributed by atoms with Crippen LogP contribution < -0.4 is 24.0 Å². The molecule has 1 nitrogen and oxygen atoms in total. The van der Waals surface area contributed by atoms with Gasteiger partial charge in [0.2, 0.25) is 0 Å². The maximum absolute atomic E-state index is 8.93. The second-order valence-electron chi connectivity index (χ2n) is 2.00. The van der Waals surface area contributed by atoms with Crippen molar-refractivity contribution in [2.75, 3.05) is 6.61 Å². The maximum Gasteiger partial charge on any atom is 1.00 e. The zero-order valence-corrected chi connectivity index (χ0v) is 7.94. The molecule has 10 heavy (non-hydrogen) atoms. The number of rotatable bonds is 3. The summed E-state index contributed by atoms with van der Waals surface area (Å²) in [4.78, 5) is 0. The molecule has 0 aliphatic carbocycles. The molecule has 0 amide bonds. The molecule has 0 spiro atoms. The zero-order valence-electron chi connectivity index (χ0n) is 7.94. The average molecular weight is 138 g/mol. The van der Waals surface area contributed by atoms with Gasteiger partial charge in [-0.25, -0.2) is 0 Å². The van der Waals surface area contributed by atoms with Crippen molar-refractivity contribution in [3.8, 4) is 0 Å². The van der Waals surface area contributed by atoms with Crippen molar-refractivity contribution in [1.29, 1.82) is 0 Å². The van der Waals surface area contributed by atoms with Crippen LogP contribution in [0.1, 0.15) is 46.5 Å². The van der Waals surface area contributed by atoms with Crippen LogP contribution in [-0.4, -0.2) is 6.61 Å². The quantitative estimate of drug-likeness (QED) is 0.361. The molecule has 0 aliphatic rings. The second-order valence-corrected chi connectivity index (χ2v) is 2.00. The molecule has 0 rings (SSSR count). The van der Waals surface area contributed by atoms with E-state index >= 15 is 0 Å². The number of unbranched alkanes of at least 4 members (excludes halogenated alkanes) is 3. The molecule has 0 N–H and O–H groups in total. The molecule has 0 aromatic rings. The van der Waals surface area contributed by atoms with Gasteiger partial charge in [0.15, 0.2) is 0 Å². The van der Waals surface area contributed by atoms with E-state index in [1.165, 1.54) is 25.7 Å². The van der Waals surface area contributed by atoms with E-state index in [4.69, 9.17) is 5.11 Å². The molecule has 0 radical (unpaired) electrons. The minimum Gasteiger partial charge on any atom is -0.855 e. The monoisotopic (exact) mass is 138 g/mol. The summed E-state index contributed by atoms with van der Waals surface area (Å²) in [5, 5.41) is 8.93. The van der Waals surface area contributed by atoms with Gasteiger partial charge >= 0.3 is 18.9 Å². The SMILES string of the molecule is CCCCCC.CC[O-].[Li+]. The van der Waals surface area contributed by atoms with E-state index in [1.54, 1.807) is 6.92 Å². The number of hydrogen-bond donors (Lipinski definition) is 0. The zero-order chi connectivity index (χ0) is 7.54. The van der Waals surface area contributed by atoms with E-state index in [0.29, 0.717) is 0 Å². The van der Waals surface area contributed by atoms with Crippen LogP contribution >= 0.6 is 0 Å². The maximum atomic E-state index is 8.93. The van der Waals surface area contributed by atoms with Crippen molar-refractivity contribution in [3.63, 3.8) is 0 Å². The van der Waals surface area contributed by atoms with E-state index in [-0.39, 0.29) is 25.5 Å². The van der Waals surface area contributed by atoms with Crippen LogP contribution in [0.25, 0.3) is 0 Å². The Hall–Kier alpha value is 0.557. The smallest absolute Gasteiger partial charge is 0.855 e. The summed E-state index contributed by atoms with van der Waals surface area (Å²) in [5.41, 5.74) is 0. The van der Waals surface area contributed by atoms with E-state index < -0.39 is 0 Å². The van der Waals surface area contributed by atoms with Crippen molar-refractivity contribution in [2.45, 2.75) is 46.5 Å². The largest absolute Gasteiger partial charge is 1.00 e. The van der Waals surface area contributed by atoms with Gasteiger partial charge in [-0.1, -0.05) is 46.5 Å². The molecule has 0 bridgehead atoms. The molecule has 0 saturated carbocycles. The molecule has 0 saturated heterocycles. The third-order valence-electron chi connectivity index (χ3n) is 0.957. The summed E-state index contributed by atoms with van der Waals surface area (Å²) in [6.45, 7) is 6.03. The average Bonchev–Trinajstić information content (AvgIpc) is 1.86. The van der Waals surface area contributed by atoms with Gasteiger partial charge in [-0.05, 0) is 0 Å². The van der Waals surface area contributed by atoms with Crippen molar-refractivity contribution < 1.29 is 24.0 Å². The van der Waals surface area contributed by atoms with E-state index in [1.807, 2.05) is 0 Å². The Morgan fingerprint density at radius 3 is 1.20 bits per heavy atom. The van der Waals surface area contributed by atoms with Crippen LogP contribution in [0.2, 0.25) is 0 Å². The first-order valence-corrected chi connectivity index (χ1v) is 3.91. The van der Waals surface area contributed by atoms with Crippen LogP contribution in [0.4, 0.5) is 0 Å². The van der Waals surface area contributed by atoms with Gasteiger partial charge in [-0.3, -0.25) is 0 Å². The van der Waals surface area contributed by atoms with E-state index in [2.05, 4.69) is 13.8 Å². The summed E-state index contributed by atoms with van der Waals surface area (Å²) in [7, 11) is 0. The summed E-state index contributed by atoms with van der Waals surface area (Å²) >= 11 is 0. The minimum absolute atomic E-state index is 0. The van der Waals surface area contributed by atoms with Crippen LogP contribution in [0.3, 0.4) is 0 Å². The van der Waals surface area contributed by atoms with E-state index in [0.717, 1.165) is 0 Å². The predicted octanol–water partition coefficient (Wildman–Crippen LogP) is -1.04. The van der Waals surface area contributed by atoms with Gasteiger partial charge in [0.25, 0.3) is 0 Å². The van der Waals surface area contributed by atoms with E-state index in [9.17, 15) is 0 Å². The normalized spacial score (nSPS) is 7.20. The first-order chi connectivity index (χ1) is 4.33. The third kappa shape index (κ3) is 38.6. The van der Waals surface area contributed by atoms with Gasteiger partial charge in [0.1, 0.15) is 0 Å². The summed E-state index contributed by atoms with van der Waals surface area (Å²) in [6.07, 6.45) is 5.54. The summed E-state index contributed by atoms with van der Waals surface area (Å²) in [5.74, 6) is 0. The van der Waals surface area contributed by atoms with Gasteiger partial charge in [-0.2, -0.15) is 0 Å². The van der Waals surface area contributed by atoms with Crippen LogP contribution in [0.15, 0.2) is 0 Å². The van der Waals surface area contributed by atoms with Gasteiger partial charge in [0.05, 0.1) is 0 Å². The fraction of sp³-hybridized carbons (Fsp3) is 1.00. The van der Waals surface area contributed by atoms with Crippen LogP contribution in [0.5, 0.6) is 0 Å². The number of hydrogen-bond acceptors (Lipinski definition) is 1. The molecule has 0 aliphatic heterocycles. The molecule has 0 fully saturated rings. The molecular formula is C8H19LiO. The van der Waals surface area contributed by atoms with Crippen LogP contribution in [-0.2, 0) is 0 Å². The van der Waals surface area contributed by atoms with Gasteiger partial charge in [0, 0.05) is 0 Å². The summed E-state index contributed by atoms with van der Waals surface area (Å²) < 4.78 is 0. The van der Waals surface area contributed by atoms with Crippen molar-refractivity contribution >= 4 is 0 Å². The Morgan fingerprint density at radius 1 is 0.900 bits per heavy atom. The topological polar surface area (TPSA) is 23.1 Å². The molecule has 0 aromatic heterocycles. The Labute approximate surface area is 77.4 Å². The molecule has 58 valence electrons. The first-order valence-electron chi connectivity index (χ1n) is 3.91. The predicted molar refractivity (Wildman–Crippen MR) is 40.4 cm³/mol. The van der Waals surface area contributed by atoms with Gasteiger partial charge in [-0.15, -0.1) is 6.61 Å². The Balaban J connectivity index is -0.000000107. The van der Waals surface area contributed by atoms with Crippen molar-refractivity contribution in [3.05, 3.63) is 0 Å². The van der Waals surface area contributed by atoms with Crippen molar-refractivity contribution in [2.24, 2.45) is 0 Å². The Kier molecular flexibility index (Phi) is 38.3. The molecular weight excluding hydrogens is 119 g/mol.